The Morgan fingerprint density at radius 1 is 1.04 bits per heavy atom. The third-order valence-electron chi connectivity index (χ3n) is 4.77. The number of aryl methyl sites for hydroxylation is 1. The van der Waals surface area contributed by atoms with E-state index in [0.717, 1.165) is 24.6 Å². The fraction of sp³-hybridized carbons (Fsp3) is 0.529. The van der Waals surface area contributed by atoms with Crippen LogP contribution in [0.1, 0.15) is 5.69 Å². The molecule has 4 rings (SSSR count). The Hall–Kier alpha value is -1.75. The number of sulfonamides is 1. The molecule has 2 aromatic heterocycles. The summed E-state index contributed by atoms with van der Waals surface area (Å²) in [5.41, 5.74) is 0.912. The number of ether oxygens (including phenoxy) is 1. The minimum absolute atomic E-state index is 0.400. The number of nitrogens with zero attached hydrogens (tertiary/aromatic N) is 5. The summed E-state index contributed by atoms with van der Waals surface area (Å²) >= 11 is 1.26. The van der Waals surface area contributed by atoms with Gasteiger partial charge in [0.15, 0.2) is 0 Å². The van der Waals surface area contributed by atoms with Gasteiger partial charge in [-0.2, -0.15) is 9.29 Å². The Bertz CT molecular complexity index is 874. The predicted octanol–water partition coefficient (Wildman–Crippen LogP) is 1.19. The Morgan fingerprint density at radius 2 is 1.78 bits per heavy atom. The van der Waals surface area contributed by atoms with Gasteiger partial charge in [0.25, 0.3) is 10.0 Å². The molecule has 0 atom stereocenters. The number of rotatable bonds is 4. The first kappa shape index (κ1) is 18.6. The first-order chi connectivity index (χ1) is 13.0. The average Bonchev–Trinajstić information content (AvgIpc) is 3.24. The molecule has 0 radical (unpaired) electrons. The number of anilines is 2. The number of aromatic nitrogens is 2. The van der Waals surface area contributed by atoms with E-state index in [-0.39, 0.29) is 0 Å². The van der Waals surface area contributed by atoms with Crippen LogP contribution in [0.5, 0.6) is 0 Å². The van der Waals surface area contributed by atoms with Crippen LogP contribution in [0, 0.1) is 6.92 Å². The van der Waals surface area contributed by atoms with Gasteiger partial charge in [0, 0.05) is 51.0 Å². The highest BCUT2D eigenvalue weighted by Gasteiger charge is 2.30. The van der Waals surface area contributed by atoms with Crippen molar-refractivity contribution in [2.75, 3.05) is 62.3 Å². The van der Waals surface area contributed by atoms with E-state index in [1.165, 1.54) is 11.3 Å². The lowest BCUT2D eigenvalue weighted by molar-refractivity contribution is 0.122. The Kier molecular flexibility index (Phi) is 5.31. The van der Waals surface area contributed by atoms with Gasteiger partial charge in [-0.3, -0.25) is 0 Å². The maximum atomic E-state index is 12.7. The van der Waals surface area contributed by atoms with Crippen molar-refractivity contribution in [1.82, 2.24) is 14.3 Å². The van der Waals surface area contributed by atoms with Gasteiger partial charge in [-0.1, -0.05) is 6.07 Å². The van der Waals surface area contributed by atoms with Crippen LogP contribution in [-0.2, 0) is 14.8 Å². The quantitative estimate of drug-likeness (QED) is 0.751. The lowest BCUT2D eigenvalue weighted by atomic mass is 10.3. The summed E-state index contributed by atoms with van der Waals surface area (Å²) < 4.78 is 32.7. The number of morpholine rings is 1. The van der Waals surface area contributed by atoms with Crippen LogP contribution in [0.25, 0.3) is 0 Å². The second kappa shape index (κ2) is 7.70. The van der Waals surface area contributed by atoms with E-state index in [1.54, 1.807) is 21.8 Å². The highest BCUT2D eigenvalue weighted by molar-refractivity contribution is 7.91. The lowest BCUT2D eigenvalue weighted by Gasteiger charge is -2.34. The fourth-order valence-electron chi connectivity index (χ4n) is 3.30. The normalized spacial score (nSPS) is 19.4. The van der Waals surface area contributed by atoms with E-state index in [4.69, 9.17) is 9.72 Å². The van der Waals surface area contributed by atoms with Crippen LogP contribution in [0.15, 0.2) is 27.8 Å². The van der Waals surface area contributed by atoms with Crippen molar-refractivity contribution >= 4 is 33.1 Å². The molecule has 2 aliphatic heterocycles. The minimum Gasteiger partial charge on any atom is -0.378 e. The van der Waals surface area contributed by atoms with Crippen molar-refractivity contribution in [3.63, 3.8) is 0 Å². The zero-order valence-electron chi connectivity index (χ0n) is 15.2. The Labute approximate surface area is 163 Å². The highest BCUT2D eigenvalue weighted by atomic mass is 32.2. The third kappa shape index (κ3) is 3.93. The summed E-state index contributed by atoms with van der Waals surface area (Å²) in [6.07, 6.45) is 0. The summed E-state index contributed by atoms with van der Waals surface area (Å²) in [6.45, 7) is 7.05. The van der Waals surface area contributed by atoms with E-state index in [1.807, 2.05) is 13.0 Å². The van der Waals surface area contributed by atoms with Crippen molar-refractivity contribution < 1.29 is 13.2 Å². The van der Waals surface area contributed by atoms with Crippen LogP contribution < -0.4 is 9.80 Å². The molecule has 10 heteroatoms. The minimum atomic E-state index is -3.40. The van der Waals surface area contributed by atoms with Crippen LogP contribution in [0.2, 0.25) is 0 Å². The molecule has 146 valence electrons. The molecule has 8 nitrogen and oxygen atoms in total. The van der Waals surface area contributed by atoms with Crippen LogP contribution in [0.3, 0.4) is 0 Å². The molecule has 4 heterocycles. The summed E-state index contributed by atoms with van der Waals surface area (Å²) in [5, 5.41) is 1.79. The summed E-state index contributed by atoms with van der Waals surface area (Å²) in [6, 6.07) is 5.42. The van der Waals surface area contributed by atoms with E-state index in [9.17, 15) is 8.42 Å². The fourth-order valence-corrected chi connectivity index (χ4v) is 5.87. The van der Waals surface area contributed by atoms with Crippen LogP contribution >= 0.6 is 11.3 Å². The smallest absolute Gasteiger partial charge is 0.252 e. The molecule has 0 aliphatic carbocycles. The van der Waals surface area contributed by atoms with E-state index < -0.39 is 10.0 Å². The molecule has 2 saturated heterocycles. The molecule has 0 unspecified atom stereocenters. The molecule has 0 aromatic carbocycles. The summed E-state index contributed by atoms with van der Waals surface area (Å²) in [5.74, 6) is 1.58. The van der Waals surface area contributed by atoms with Gasteiger partial charge in [0.2, 0.25) is 5.95 Å². The van der Waals surface area contributed by atoms with Crippen molar-refractivity contribution in [1.29, 1.82) is 0 Å². The first-order valence-corrected chi connectivity index (χ1v) is 11.3. The van der Waals surface area contributed by atoms with Crippen molar-refractivity contribution in [3.8, 4) is 0 Å². The van der Waals surface area contributed by atoms with Gasteiger partial charge in [0.05, 0.1) is 13.2 Å². The molecule has 0 bridgehead atoms. The second-order valence-electron chi connectivity index (χ2n) is 6.59. The molecule has 0 saturated carbocycles. The molecule has 0 N–H and O–H groups in total. The topological polar surface area (TPSA) is 78.9 Å². The van der Waals surface area contributed by atoms with Crippen molar-refractivity contribution in [2.24, 2.45) is 0 Å². The van der Waals surface area contributed by atoms with E-state index in [2.05, 4.69) is 14.8 Å². The van der Waals surface area contributed by atoms with Gasteiger partial charge >= 0.3 is 0 Å². The first-order valence-electron chi connectivity index (χ1n) is 9.01. The summed E-state index contributed by atoms with van der Waals surface area (Å²) in [7, 11) is -3.40. The number of piperazine rings is 1. The zero-order valence-corrected chi connectivity index (χ0v) is 16.9. The maximum absolute atomic E-state index is 12.7. The molecular weight excluding hydrogens is 386 g/mol. The molecule has 0 amide bonds. The molecule has 2 fully saturated rings. The molecule has 2 aromatic rings. The van der Waals surface area contributed by atoms with Gasteiger partial charge in [-0.05, 0) is 18.4 Å². The number of hydrogen-bond acceptors (Lipinski definition) is 8. The molecular formula is C17H23N5O3S2. The number of hydrogen-bond donors (Lipinski definition) is 0. The standard InChI is InChI=1S/C17H23N5O3S2/c1-14-13-15(20-8-10-25-11-9-20)19-17(18-14)21-4-6-22(7-5-21)27(23,24)16-3-2-12-26-16/h2-3,12-13H,4-11H2,1H3. The van der Waals surface area contributed by atoms with E-state index >= 15 is 0 Å². The van der Waals surface area contributed by atoms with Crippen molar-refractivity contribution in [2.45, 2.75) is 11.1 Å². The average molecular weight is 410 g/mol. The van der Waals surface area contributed by atoms with Crippen LogP contribution in [-0.4, -0.2) is 75.2 Å². The lowest BCUT2D eigenvalue weighted by Crippen LogP contribution is -2.49. The SMILES string of the molecule is Cc1cc(N2CCOCC2)nc(N2CCN(S(=O)(=O)c3cccs3)CC2)n1. The van der Waals surface area contributed by atoms with Gasteiger partial charge in [-0.25, -0.2) is 13.4 Å². The van der Waals surface area contributed by atoms with Gasteiger partial charge in [-0.15, -0.1) is 11.3 Å². The Balaban J connectivity index is 1.47. The largest absolute Gasteiger partial charge is 0.378 e. The predicted molar refractivity (Wildman–Crippen MR) is 105 cm³/mol. The highest BCUT2D eigenvalue weighted by Crippen LogP contribution is 2.24. The monoisotopic (exact) mass is 409 g/mol. The van der Waals surface area contributed by atoms with Crippen molar-refractivity contribution in [3.05, 3.63) is 29.3 Å². The second-order valence-corrected chi connectivity index (χ2v) is 9.70. The van der Waals surface area contributed by atoms with Crippen LogP contribution in [0.4, 0.5) is 11.8 Å². The molecule has 27 heavy (non-hydrogen) atoms. The summed E-state index contributed by atoms with van der Waals surface area (Å²) in [4.78, 5) is 13.6. The zero-order chi connectivity index (χ0) is 18.9. The van der Waals surface area contributed by atoms with E-state index in [0.29, 0.717) is 49.6 Å². The Morgan fingerprint density at radius 3 is 2.44 bits per heavy atom. The third-order valence-corrected chi connectivity index (χ3v) is 8.05. The molecule has 0 spiro atoms. The number of thiophene rings is 1. The van der Waals surface area contributed by atoms with Gasteiger partial charge in [0.1, 0.15) is 10.0 Å². The van der Waals surface area contributed by atoms with Gasteiger partial charge < -0.3 is 14.5 Å². The maximum Gasteiger partial charge on any atom is 0.252 e. The molecule has 2 aliphatic rings.